The summed E-state index contributed by atoms with van der Waals surface area (Å²) < 4.78 is 39.2. The molecule has 0 radical (unpaired) electrons. The van der Waals surface area contributed by atoms with Gasteiger partial charge in [-0.05, 0) is 19.8 Å². The van der Waals surface area contributed by atoms with Crippen LogP contribution < -0.4 is 0 Å². The average molecular weight is 279 g/mol. The highest BCUT2D eigenvalue weighted by molar-refractivity contribution is 7.11. The number of nitrogens with zero attached hydrogens (tertiary/aromatic N) is 1. The van der Waals surface area contributed by atoms with Crippen molar-refractivity contribution >= 4 is 17.3 Å². The van der Waals surface area contributed by atoms with Gasteiger partial charge in [0.1, 0.15) is 0 Å². The topological polar surface area (TPSA) is 50.2 Å². The molecule has 1 saturated carbocycles. The molecule has 1 aliphatic rings. The summed E-state index contributed by atoms with van der Waals surface area (Å²) in [5, 5.41) is 9.48. The summed E-state index contributed by atoms with van der Waals surface area (Å²) in [4.78, 5) is 15.2. The number of halogens is 3. The number of carboxylic acid groups (broad SMARTS) is 1. The number of hydrogen-bond acceptors (Lipinski definition) is 3. The third-order valence-corrected chi connectivity index (χ3v) is 4.41. The Labute approximate surface area is 106 Å². The van der Waals surface area contributed by atoms with Crippen LogP contribution in [0.2, 0.25) is 0 Å². The molecule has 1 N–H and O–H groups in total. The van der Waals surface area contributed by atoms with E-state index >= 15 is 0 Å². The van der Waals surface area contributed by atoms with Gasteiger partial charge in [0.15, 0.2) is 0 Å². The minimum Gasteiger partial charge on any atom is -0.481 e. The van der Waals surface area contributed by atoms with Gasteiger partial charge in [-0.3, -0.25) is 4.79 Å². The Morgan fingerprint density at radius 3 is 2.56 bits per heavy atom. The van der Waals surface area contributed by atoms with Gasteiger partial charge < -0.3 is 5.11 Å². The number of thiazole rings is 1. The zero-order chi connectivity index (χ0) is 13.6. The lowest BCUT2D eigenvalue weighted by Gasteiger charge is -2.27. The van der Waals surface area contributed by atoms with Crippen LogP contribution in [0.4, 0.5) is 13.2 Å². The first-order chi connectivity index (χ1) is 8.26. The highest BCUT2D eigenvalue weighted by Gasteiger charge is 2.67. The van der Waals surface area contributed by atoms with E-state index in [0.717, 1.165) is 11.3 Å². The van der Waals surface area contributed by atoms with E-state index in [-0.39, 0.29) is 12.8 Å². The van der Waals surface area contributed by atoms with Crippen molar-refractivity contribution in [3.05, 3.63) is 16.1 Å². The predicted octanol–water partition coefficient (Wildman–Crippen LogP) is 3.35. The molecule has 0 spiro atoms. The Balaban J connectivity index is 2.35. The summed E-state index contributed by atoms with van der Waals surface area (Å²) >= 11 is 1.15. The summed E-state index contributed by atoms with van der Waals surface area (Å²) in [5.41, 5.74) is -1.86. The van der Waals surface area contributed by atoms with Crippen LogP contribution >= 0.6 is 11.3 Å². The molecule has 3 nitrogen and oxygen atoms in total. The number of carboxylic acids is 1. The van der Waals surface area contributed by atoms with Crippen LogP contribution in [0, 0.1) is 12.3 Å². The molecule has 0 bridgehead atoms. The molecule has 1 aromatic rings. The van der Waals surface area contributed by atoms with Gasteiger partial charge in [-0.25, -0.2) is 4.98 Å². The molecule has 1 atom stereocenters. The first kappa shape index (κ1) is 13.3. The maximum atomic E-state index is 13.1. The SMILES string of the molecule is Cc1ncc([C@H](CC(=O)O)C2(C(F)(F)F)CC2)s1. The van der Waals surface area contributed by atoms with E-state index in [1.54, 1.807) is 6.92 Å². The molecular formula is C11H12F3NO2S. The van der Waals surface area contributed by atoms with Crippen molar-refractivity contribution in [3.8, 4) is 0 Å². The molecule has 1 heterocycles. The number of alkyl halides is 3. The van der Waals surface area contributed by atoms with E-state index in [0.29, 0.717) is 9.88 Å². The van der Waals surface area contributed by atoms with Crippen molar-refractivity contribution in [1.29, 1.82) is 0 Å². The van der Waals surface area contributed by atoms with Gasteiger partial charge in [0.2, 0.25) is 0 Å². The third-order valence-electron chi connectivity index (χ3n) is 3.38. The Bertz CT molecular complexity index is 465. The molecule has 18 heavy (non-hydrogen) atoms. The predicted molar refractivity (Wildman–Crippen MR) is 59.6 cm³/mol. The minimum absolute atomic E-state index is 0.00535. The highest BCUT2D eigenvalue weighted by Crippen LogP contribution is 2.66. The molecule has 1 fully saturated rings. The van der Waals surface area contributed by atoms with E-state index in [9.17, 15) is 18.0 Å². The van der Waals surface area contributed by atoms with Crippen LogP contribution in [0.3, 0.4) is 0 Å². The van der Waals surface area contributed by atoms with Crippen molar-refractivity contribution in [1.82, 2.24) is 4.98 Å². The molecule has 2 rings (SSSR count). The van der Waals surface area contributed by atoms with Gasteiger partial charge in [-0.2, -0.15) is 13.2 Å². The minimum atomic E-state index is -4.36. The van der Waals surface area contributed by atoms with Crippen LogP contribution in [-0.4, -0.2) is 22.2 Å². The zero-order valence-corrected chi connectivity index (χ0v) is 10.4. The number of rotatable bonds is 4. The maximum absolute atomic E-state index is 13.1. The average Bonchev–Trinajstić information content (AvgIpc) is 2.93. The fraction of sp³-hybridized carbons (Fsp3) is 0.636. The van der Waals surface area contributed by atoms with Gasteiger partial charge in [0, 0.05) is 17.0 Å². The first-order valence-electron chi connectivity index (χ1n) is 5.47. The lowest BCUT2D eigenvalue weighted by Crippen LogP contribution is -2.32. The van der Waals surface area contributed by atoms with E-state index in [1.165, 1.54) is 6.20 Å². The van der Waals surface area contributed by atoms with Crippen molar-refractivity contribution in [2.45, 2.75) is 38.3 Å². The monoisotopic (exact) mass is 279 g/mol. The summed E-state index contributed by atoms with van der Waals surface area (Å²) in [6.07, 6.45) is -3.47. The van der Waals surface area contributed by atoms with Gasteiger partial charge in [-0.15, -0.1) is 11.3 Å². The van der Waals surface area contributed by atoms with E-state index in [1.807, 2.05) is 0 Å². The van der Waals surface area contributed by atoms with E-state index in [4.69, 9.17) is 5.11 Å². The van der Waals surface area contributed by atoms with Gasteiger partial charge in [-0.1, -0.05) is 0 Å². The molecule has 7 heteroatoms. The molecule has 1 aromatic heterocycles. The molecule has 0 amide bonds. The lowest BCUT2D eigenvalue weighted by molar-refractivity contribution is -0.195. The molecule has 0 aromatic carbocycles. The van der Waals surface area contributed by atoms with E-state index in [2.05, 4.69) is 4.98 Å². The smallest absolute Gasteiger partial charge is 0.395 e. The van der Waals surface area contributed by atoms with E-state index < -0.39 is 29.9 Å². The first-order valence-corrected chi connectivity index (χ1v) is 6.29. The molecular weight excluding hydrogens is 267 g/mol. The number of hydrogen-bond donors (Lipinski definition) is 1. The Kier molecular flexibility index (Phi) is 3.12. The quantitative estimate of drug-likeness (QED) is 0.919. The number of carbonyl (C=O) groups is 1. The molecule has 0 saturated heterocycles. The van der Waals surface area contributed by atoms with Crippen molar-refractivity contribution in [2.75, 3.05) is 0 Å². The second-order valence-corrected chi connectivity index (χ2v) is 5.85. The van der Waals surface area contributed by atoms with Crippen LogP contribution in [0.15, 0.2) is 6.20 Å². The normalized spacial score (nSPS) is 19.6. The fourth-order valence-electron chi connectivity index (χ4n) is 2.25. The zero-order valence-electron chi connectivity index (χ0n) is 9.62. The van der Waals surface area contributed by atoms with Crippen molar-refractivity contribution in [3.63, 3.8) is 0 Å². The van der Waals surface area contributed by atoms with Gasteiger partial charge in [0.25, 0.3) is 0 Å². The van der Waals surface area contributed by atoms with Gasteiger partial charge in [0.05, 0.1) is 16.8 Å². The summed E-state index contributed by atoms with van der Waals surface area (Å²) in [6.45, 7) is 1.69. The second-order valence-electron chi connectivity index (χ2n) is 4.59. The summed E-state index contributed by atoms with van der Waals surface area (Å²) in [6, 6.07) is 0. The van der Waals surface area contributed by atoms with Crippen LogP contribution in [0.1, 0.15) is 35.1 Å². The summed E-state index contributed by atoms with van der Waals surface area (Å²) in [7, 11) is 0. The largest absolute Gasteiger partial charge is 0.481 e. The Hall–Kier alpha value is -1.11. The highest BCUT2D eigenvalue weighted by atomic mass is 32.1. The number of aromatic nitrogens is 1. The molecule has 0 aliphatic heterocycles. The van der Waals surface area contributed by atoms with Gasteiger partial charge >= 0.3 is 12.1 Å². The Morgan fingerprint density at radius 1 is 1.61 bits per heavy atom. The molecule has 100 valence electrons. The molecule has 0 unspecified atom stereocenters. The van der Waals surface area contributed by atoms with Crippen LogP contribution in [0.25, 0.3) is 0 Å². The van der Waals surface area contributed by atoms with Crippen LogP contribution in [0.5, 0.6) is 0 Å². The third kappa shape index (κ3) is 2.23. The summed E-state index contributed by atoms with van der Waals surface area (Å²) in [5.74, 6) is -2.22. The maximum Gasteiger partial charge on any atom is 0.395 e. The van der Waals surface area contributed by atoms with Crippen molar-refractivity contribution in [2.24, 2.45) is 5.41 Å². The van der Waals surface area contributed by atoms with Crippen molar-refractivity contribution < 1.29 is 23.1 Å². The lowest BCUT2D eigenvalue weighted by atomic mass is 9.84. The Morgan fingerprint density at radius 2 is 2.22 bits per heavy atom. The number of aryl methyl sites for hydroxylation is 1. The van der Waals surface area contributed by atoms with Crippen LogP contribution in [-0.2, 0) is 4.79 Å². The number of aliphatic carboxylic acids is 1. The molecule has 1 aliphatic carbocycles. The standard InChI is InChI=1S/C11H12F3NO2S/c1-6-15-5-8(18-6)7(4-9(16)17)10(2-3-10)11(12,13)14/h5,7H,2-4H2,1H3,(H,16,17)/t7-/m0/s1. The second kappa shape index (κ2) is 4.22. The fourth-order valence-corrected chi connectivity index (χ4v) is 3.25.